The summed E-state index contributed by atoms with van der Waals surface area (Å²) in [5.74, 6) is 1.66. The van der Waals surface area contributed by atoms with Crippen LogP contribution in [0.1, 0.15) is 39.0 Å². The van der Waals surface area contributed by atoms with Crippen molar-refractivity contribution in [1.29, 1.82) is 0 Å². The van der Waals surface area contributed by atoms with Crippen molar-refractivity contribution in [1.82, 2.24) is 0 Å². The highest BCUT2D eigenvalue weighted by Gasteiger charge is 2.33. The van der Waals surface area contributed by atoms with Crippen LogP contribution in [0.25, 0.3) is 0 Å². The van der Waals surface area contributed by atoms with Crippen LogP contribution in [0.2, 0.25) is 25.7 Å². The van der Waals surface area contributed by atoms with Crippen LogP contribution in [0.3, 0.4) is 0 Å². The molecule has 1 fully saturated rings. The fourth-order valence-electron chi connectivity index (χ4n) is 3.14. The molecule has 3 heteroatoms. The summed E-state index contributed by atoms with van der Waals surface area (Å²) in [5.41, 5.74) is 0. The molecule has 0 aromatic rings. The quantitative estimate of drug-likeness (QED) is 0.477. The van der Waals surface area contributed by atoms with Crippen LogP contribution in [-0.2, 0) is 9.47 Å². The Morgan fingerprint density at radius 1 is 1.17 bits per heavy atom. The lowest BCUT2D eigenvalue weighted by atomic mass is 9.99. The van der Waals surface area contributed by atoms with E-state index in [1.54, 1.807) is 7.11 Å². The molecule has 0 aliphatic heterocycles. The Bertz CT molecular complexity index is 225. The number of methoxy groups -OCH3 is 1. The highest BCUT2D eigenvalue weighted by Crippen LogP contribution is 2.38. The van der Waals surface area contributed by atoms with E-state index >= 15 is 0 Å². The van der Waals surface area contributed by atoms with Gasteiger partial charge in [-0.2, -0.15) is 0 Å². The molecule has 0 spiro atoms. The van der Waals surface area contributed by atoms with Crippen molar-refractivity contribution in [2.24, 2.45) is 11.8 Å². The van der Waals surface area contributed by atoms with E-state index in [1.807, 2.05) is 0 Å². The number of ether oxygens (including phenoxy) is 2. The van der Waals surface area contributed by atoms with Gasteiger partial charge in [0.25, 0.3) is 0 Å². The lowest BCUT2D eigenvalue weighted by molar-refractivity contribution is -0.0844. The molecule has 1 rings (SSSR count). The van der Waals surface area contributed by atoms with Crippen LogP contribution < -0.4 is 0 Å². The van der Waals surface area contributed by atoms with Gasteiger partial charge in [-0.05, 0) is 24.7 Å². The first kappa shape index (κ1) is 16.2. The van der Waals surface area contributed by atoms with Crippen LogP contribution >= 0.6 is 0 Å². The van der Waals surface area contributed by atoms with Crippen LogP contribution in [0.4, 0.5) is 0 Å². The molecule has 0 N–H and O–H groups in total. The van der Waals surface area contributed by atoms with Gasteiger partial charge in [-0.3, -0.25) is 0 Å². The van der Waals surface area contributed by atoms with E-state index in [2.05, 4.69) is 26.6 Å². The molecule has 2 nitrogen and oxygen atoms in total. The Morgan fingerprint density at radius 3 is 2.44 bits per heavy atom. The van der Waals surface area contributed by atoms with E-state index in [9.17, 15) is 0 Å². The number of hydrogen-bond acceptors (Lipinski definition) is 2. The molecule has 1 aliphatic carbocycles. The normalized spacial score (nSPS) is 28.8. The smallest absolute Gasteiger partial charge is 0.146 e. The van der Waals surface area contributed by atoms with E-state index in [-0.39, 0.29) is 0 Å². The molecule has 0 heterocycles. The van der Waals surface area contributed by atoms with Gasteiger partial charge < -0.3 is 9.47 Å². The minimum absolute atomic E-state index is 0.451. The first-order valence-corrected chi connectivity index (χ1v) is 11.3. The van der Waals surface area contributed by atoms with Gasteiger partial charge in [0, 0.05) is 15.2 Å². The molecule has 1 aliphatic rings. The summed E-state index contributed by atoms with van der Waals surface area (Å²) in [6.45, 7) is 10.2. The lowest BCUT2D eigenvalue weighted by Crippen LogP contribution is -2.19. The third-order valence-corrected chi connectivity index (χ3v) is 6.04. The summed E-state index contributed by atoms with van der Waals surface area (Å²) in [5, 5.41) is 0. The lowest BCUT2D eigenvalue weighted by Gasteiger charge is -2.17. The van der Waals surface area contributed by atoms with E-state index in [1.165, 1.54) is 38.1 Å². The first-order chi connectivity index (χ1) is 8.46. The van der Waals surface area contributed by atoms with Gasteiger partial charge in [0.05, 0.1) is 6.10 Å². The van der Waals surface area contributed by atoms with Crippen LogP contribution in [0.15, 0.2) is 0 Å². The van der Waals surface area contributed by atoms with E-state index in [4.69, 9.17) is 9.47 Å². The predicted molar refractivity (Wildman–Crippen MR) is 80.6 cm³/mol. The van der Waals surface area contributed by atoms with Gasteiger partial charge in [-0.25, -0.2) is 0 Å². The van der Waals surface area contributed by atoms with Gasteiger partial charge >= 0.3 is 0 Å². The minimum atomic E-state index is -0.844. The Balaban J connectivity index is 2.28. The van der Waals surface area contributed by atoms with Gasteiger partial charge in [-0.15, -0.1) is 0 Å². The zero-order valence-electron chi connectivity index (χ0n) is 13.0. The highest BCUT2D eigenvalue weighted by molar-refractivity contribution is 6.76. The fraction of sp³-hybridized carbons (Fsp3) is 1.00. The Hall–Kier alpha value is 0.137. The van der Waals surface area contributed by atoms with Crippen molar-refractivity contribution in [3.05, 3.63) is 0 Å². The molecule has 108 valence electrons. The number of hydrogen-bond donors (Lipinski definition) is 0. The fourth-order valence-corrected chi connectivity index (χ4v) is 4.41. The van der Waals surface area contributed by atoms with E-state index in [0.29, 0.717) is 12.9 Å². The van der Waals surface area contributed by atoms with Gasteiger partial charge in [0.2, 0.25) is 0 Å². The van der Waals surface area contributed by atoms with Crippen molar-refractivity contribution in [3.8, 4) is 0 Å². The van der Waals surface area contributed by atoms with Crippen LogP contribution in [0.5, 0.6) is 0 Å². The summed E-state index contributed by atoms with van der Waals surface area (Å²) < 4.78 is 10.9. The van der Waals surface area contributed by atoms with Gasteiger partial charge in [0.15, 0.2) is 0 Å². The molecule has 0 saturated heterocycles. The molecule has 0 aromatic carbocycles. The topological polar surface area (TPSA) is 18.5 Å². The molecule has 0 amide bonds. The van der Waals surface area contributed by atoms with Crippen LogP contribution in [0, 0.1) is 11.8 Å². The SMILES string of the molecule is CC[C@@H]1C[C@H](CCC[Si](C)(C)C)C[C@H]1OCOC. The average molecular weight is 273 g/mol. The first-order valence-electron chi connectivity index (χ1n) is 7.56. The predicted octanol–water partition coefficient (Wildman–Crippen LogP) is 4.53. The average Bonchev–Trinajstić information content (AvgIpc) is 2.67. The summed E-state index contributed by atoms with van der Waals surface area (Å²) >= 11 is 0. The maximum absolute atomic E-state index is 5.82. The Labute approximate surface area is 114 Å². The monoisotopic (exact) mass is 272 g/mol. The largest absolute Gasteiger partial charge is 0.359 e. The molecule has 18 heavy (non-hydrogen) atoms. The van der Waals surface area contributed by atoms with Crippen LogP contribution in [-0.4, -0.2) is 28.1 Å². The zero-order chi connectivity index (χ0) is 13.6. The standard InChI is InChI=1S/C15H32O2Si/c1-6-14-10-13(8-7-9-18(3,4)5)11-15(14)17-12-16-2/h13-15H,6-12H2,1-5H3/t13-,14+,15+/m0/s1. The Morgan fingerprint density at radius 2 is 1.89 bits per heavy atom. The minimum Gasteiger partial charge on any atom is -0.359 e. The summed E-state index contributed by atoms with van der Waals surface area (Å²) in [6, 6.07) is 1.48. The molecule has 0 bridgehead atoms. The zero-order valence-corrected chi connectivity index (χ0v) is 14.0. The molecule has 3 atom stereocenters. The van der Waals surface area contributed by atoms with E-state index in [0.717, 1.165) is 11.8 Å². The maximum Gasteiger partial charge on any atom is 0.146 e. The molecular formula is C15H32O2Si. The Kier molecular flexibility index (Phi) is 6.89. The third kappa shape index (κ3) is 5.85. The molecular weight excluding hydrogens is 240 g/mol. The second-order valence-corrected chi connectivity index (χ2v) is 12.7. The third-order valence-electron chi connectivity index (χ3n) is 4.19. The summed E-state index contributed by atoms with van der Waals surface area (Å²) in [7, 11) is 0.866. The van der Waals surface area contributed by atoms with E-state index < -0.39 is 8.07 Å². The van der Waals surface area contributed by atoms with Gasteiger partial charge in [-0.1, -0.05) is 51.9 Å². The second-order valence-electron chi connectivity index (χ2n) is 7.07. The molecule has 0 radical (unpaired) electrons. The maximum atomic E-state index is 5.82. The summed E-state index contributed by atoms with van der Waals surface area (Å²) in [6.07, 6.45) is 7.16. The van der Waals surface area contributed by atoms with Crippen molar-refractivity contribution in [3.63, 3.8) is 0 Å². The molecule has 1 saturated carbocycles. The molecule has 0 unspecified atom stereocenters. The van der Waals surface area contributed by atoms with Crippen molar-refractivity contribution in [2.45, 2.75) is 70.8 Å². The number of rotatable bonds is 8. The summed E-state index contributed by atoms with van der Waals surface area (Å²) in [4.78, 5) is 0. The second kappa shape index (κ2) is 7.66. The van der Waals surface area contributed by atoms with Crippen molar-refractivity contribution < 1.29 is 9.47 Å². The van der Waals surface area contributed by atoms with Gasteiger partial charge in [0.1, 0.15) is 6.79 Å². The molecule has 0 aromatic heterocycles. The van der Waals surface area contributed by atoms with Crippen molar-refractivity contribution in [2.75, 3.05) is 13.9 Å². The highest BCUT2D eigenvalue weighted by atomic mass is 28.3. The van der Waals surface area contributed by atoms with Crippen molar-refractivity contribution >= 4 is 8.07 Å².